The van der Waals surface area contributed by atoms with E-state index < -0.39 is 16.5 Å². The summed E-state index contributed by atoms with van der Waals surface area (Å²) < 4.78 is 11.0. The predicted octanol–water partition coefficient (Wildman–Crippen LogP) is 2.75. The van der Waals surface area contributed by atoms with Crippen molar-refractivity contribution in [3.8, 4) is 17.1 Å². The molecule has 0 N–H and O–H groups in total. The van der Waals surface area contributed by atoms with Crippen LogP contribution in [-0.4, -0.2) is 35.6 Å². The lowest BCUT2D eigenvalue weighted by molar-refractivity contribution is -0.445. The summed E-state index contributed by atoms with van der Waals surface area (Å²) in [5, 5.41) is 8.81. The highest BCUT2D eigenvalue weighted by atomic mass is 16.6. The monoisotopic (exact) mass is 332 g/mol. The van der Waals surface area contributed by atoms with E-state index in [4.69, 9.17) is 19.3 Å². The highest BCUT2D eigenvalue weighted by molar-refractivity contribution is 6.52. The van der Waals surface area contributed by atoms with Crippen molar-refractivity contribution in [2.75, 3.05) is 14.2 Å². The second-order valence-electron chi connectivity index (χ2n) is 5.37. The van der Waals surface area contributed by atoms with E-state index in [1.54, 1.807) is 18.2 Å². The average Bonchev–Trinajstić information content (AvgIpc) is 2.97. The van der Waals surface area contributed by atoms with Crippen LogP contribution in [0.25, 0.3) is 11.3 Å². The summed E-state index contributed by atoms with van der Waals surface area (Å²) in [4.78, 5) is 36.7. The summed E-state index contributed by atoms with van der Waals surface area (Å²) in [6, 6.07) is 5.00. The van der Waals surface area contributed by atoms with Crippen molar-refractivity contribution in [1.82, 2.24) is 4.98 Å². The van der Waals surface area contributed by atoms with E-state index in [9.17, 15) is 9.59 Å². The molecular formula is C16H16N2O6. The topological polar surface area (TPSA) is 113 Å². The van der Waals surface area contributed by atoms with Crippen LogP contribution in [0.4, 0.5) is 0 Å². The maximum Gasteiger partial charge on any atom is 0.255 e. The average molecular weight is 332 g/mol. The summed E-state index contributed by atoms with van der Waals surface area (Å²) in [5.41, 5.74) is 0.887. The number of ether oxygens (including phenoxy) is 1. The lowest BCUT2D eigenvalue weighted by Gasteiger charge is -2.14. The molecule has 0 unspecified atom stereocenters. The van der Waals surface area contributed by atoms with Crippen LogP contribution < -0.4 is 4.74 Å². The van der Waals surface area contributed by atoms with Gasteiger partial charge in [-0.15, -0.1) is 0 Å². The van der Waals surface area contributed by atoms with Crippen molar-refractivity contribution >= 4 is 11.6 Å². The van der Waals surface area contributed by atoms with Gasteiger partial charge in [-0.2, -0.15) is 0 Å². The SMILES string of the molecule is COc1cccc2c1-c1oc(C(C)C)nc1C(=O)C2=O.C[N+](=O)[O-]. The van der Waals surface area contributed by atoms with Crippen LogP contribution in [0.15, 0.2) is 22.6 Å². The molecule has 1 aliphatic carbocycles. The molecular weight excluding hydrogens is 316 g/mol. The molecule has 1 aromatic heterocycles. The maximum atomic E-state index is 12.1. The molecule has 3 rings (SSSR count). The molecule has 0 aliphatic heterocycles. The summed E-state index contributed by atoms with van der Waals surface area (Å²) in [5.74, 6) is 0.0878. The van der Waals surface area contributed by atoms with Gasteiger partial charge in [-0.1, -0.05) is 19.9 Å². The van der Waals surface area contributed by atoms with Gasteiger partial charge in [0, 0.05) is 16.4 Å². The minimum absolute atomic E-state index is 0.0293. The molecule has 1 heterocycles. The van der Waals surface area contributed by atoms with Gasteiger partial charge in [0.15, 0.2) is 24.4 Å². The number of fused-ring (bicyclic) bond motifs is 3. The van der Waals surface area contributed by atoms with Crippen molar-refractivity contribution in [2.45, 2.75) is 19.8 Å². The molecule has 1 aromatic carbocycles. The van der Waals surface area contributed by atoms with Gasteiger partial charge < -0.3 is 9.15 Å². The Morgan fingerprint density at radius 3 is 2.42 bits per heavy atom. The molecule has 0 radical (unpaired) electrons. The minimum Gasteiger partial charge on any atom is -0.496 e. The van der Waals surface area contributed by atoms with Crippen LogP contribution >= 0.6 is 0 Å². The van der Waals surface area contributed by atoms with Gasteiger partial charge in [0.05, 0.1) is 12.7 Å². The number of Topliss-reactive ketones (excluding diaryl/α,β-unsaturated/α-hetero) is 2. The van der Waals surface area contributed by atoms with E-state index in [2.05, 4.69) is 4.98 Å². The van der Waals surface area contributed by atoms with Crippen LogP contribution in [0.1, 0.15) is 46.5 Å². The molecule has 0 bridgehead atoms. The Morgan fingerprint density at radius 1 is 1.25 bits per heavy atom. The van der Waals surface area contributed by atoms with Gasteiger partial charge in [0.25, 0.3) is 5.78 Å². The summed E-state index contributed by atoms with van der Waals surface area (Å²) in [7, 11) is 2.40. The lowest BCUT2D eigenvalue weighted by atomic mass is 9.90. The third kappa shape index (κ3) is 3.03. The molecule has 0 fully saturated rings. The number of rotatable bonds is 2. The first-order valence-corrected chi connectivity index (χ1v) is 7.13. The van der Waals surface area contributed by atoms with Crippen molar-refractivity contribution in [3.63, 3.8) is 0 Å². The number of oxazole rings is 1. The van der Waals surface area contributed by atoms with E-state index >= 15 is 0 Å². The van der Waals surface area contributed by atoms with Crippen molar-refractivity contribution in [1.29, 1.82) is 0 Å². The van der Waals surface area contributed by atoms with Crippen LogP contribution in [0.3, 0.4) is 0 Å². The van der Waals surface area contributed by atoms with Crippen LogP contribution in [0.2, 0.25) is 0 Å². The van der Waals surface area contributed by atoms with Gasteiger partial charge in [0.2, 0.25) is 5.78 Å². The predicted molar refractivity (Wildman–Crippen MR) is 84.2 cm³/mol. The molecule has 0 saturated heterocycles. The Labute approximate surface area is 137 Å². The summed E-state index contributed by atoms with van der Waals surface area (Å²) in [6.07, 6.45) is 0. The number of aromatic nitrogens is 1. The Hall–Kier alpha value is -3.03. The van der Waals surface area contributed by atoms with E-state index in [1.165, 1.54) is 7.11 Å². The highest BCUT2D eigenvalue weighted by Crippen LogP contribution is 2.40. The number of ketones is 2. The minimum atomic E-state index is -0.628. The number of nitrogens with zero attached hydrogens (tertiary/aromatic N) is 2. The summed E-state index contributed by atoms with van der Waals surface area (Å²) in [6.45, 7) is 3.82. The number of benzene rings is 1. The molecule has 0 spiro atoms. The molecule has 1 aliphatic rings. The van der Waals surface area contributed by atoms with Crippen LogP contribution in [0.5, 0.6) is 5.75 Å². The first kappa shape index (κ1) is 17.3. The Morgan fingerprint density at radius 2 is 1.88 bits per heavy atom. The fourth-order valence-electron chi connectivity index (χ4n) is 2.26. The van der Waals surface area contributed by atoms with Crippen molar-refractivity contribution in [2.24, 2.45) is 0 Å². The number of carbonyl (C=O) groups excluding carboxylic acids is 2. The molecule has 0 saturated carbocycles. The van der Waals surface area contributed by atoms with E-state index in [0.717, 1.165) is 7.05 Å². The first-order chi connectivity index (χ1) is 11.3. The maximum absolute atomic E-state index is 12.1. The second-order valence-corrected chi connectivity index (χ2v) is 5.37. The van der Waals surface area contributed by atoms with Crippen molar-refractivity contribution in [3.05, 3.63) is 45.5 Å². The third-order valence-corrected chi connectivity index (χ3v) is 3.28. The molecule has 8 heteroatoms. The zero-order valence-electron chi connectivity index (χ0n) is 13.7. The zero-order chi connectivity index (χ0) is 18.0. The molecule has 126 valence electrons. The molecule has 8 nitrogen and oxygen atoms in total. The molecule has 24 heavy (non-hydrogen) atoms. The third-order valence-electron chi connectivity index (χ3n) is 3.28. The van der Waals surface area contributed by atoms with Crippen molar-refractivity contribution < 1.29 is 23.7 Å². The lowest BCUT2D eigenvalue weighted by Crippen LogP contribution is -2.21. The van der Waals surface area contributed by atoms with Gasteiger partial charge in [-0.05, 0) is 12.1 Å². The van der Waals surface area contributed by atoms with Gasteiger partial charge in [0.1, 0.15) is 5.75 Å². The Bertz CT molecular complexity index is 818. The number of nitro groups is 1. The largest absolute Gasteiger partial charge is 0.496 e. The van der Waals surface area contributed by atoms with Crippen LogP contribution in [0, 0.1) is 10.1 Å². The number of hydrogen-bond acceptors (Lipinski definition) is 7. The van der Waals surface area contributed by atoms with E-state index in [-0.39, 0.29) is 11.6 Å². The first-order valence-electron chi connectivity index (χ1n) is 7.13. The second kappa shape index (κ2) is 6.61. The fraction of sp³-hybridized carbons (Fsp3) is 0.312. The Balaban J connectivity index is 0.000000471. The number of hydrogen-bond donors (Lipinski definition) is 0. The molecule has 0 amide bonds. The molecule has 0 atom stereocenters. The summed E-state index contributed by atoms with van der Waals surface area (Å²) >= 11 is 0. The quantitative estimate of drug-likeness (QED) is 0.472. The number of methoxy groups -OCH3 is 1. The smallest absolute Gasteiger partial charge is 0.255 e. The normalized spacial score (nSPS) is 12.2. The van der Waals surface area contributed by atoms with Gasteiger partial charge >= 0.3 is 0 Å². The zero-order valence-corrected chi connectivity index (χ0v) is 13.7. The standard InChI is InChI=1S/C15H13NO4.CH3NO2/c1-7(2)15-16-11-13(18)12(17)8-5-4-6-9(19-3)10(8)14(11)20-15;1-2(3)4/h4-7H,1-3H3;1H3. The van der Waals surface area contributed by atoms with Gasteiger partial charge in [-0.3, -0.25) is 19.7 Å². The highest BCUT2D eigenvalue weighted by Gasteiger charge is 2.37. The molecule has 2 aromatic rings. The van der Waals surface area contributed by atoms with Crippen LogP contribution in [-0.2, 0) is 0 Å². The number of carbonyl (C=O) groups is 2. The van der Waals surface area contributed by atoms with Gasteiger partial charge in [-0.25, -0.2) is 4.98 Å². The van der Waals surface area contributed by atoms with E-state index in [0.29, 0.717) is 28.5 Å². The Kier molecular flexibility index (Phi) is 4.77. The van der Waals surface area contributed by atoms with E-state index in [1.807, 2.05) is 13.8 Å². The fourth-order valence-corrected chi connectivity index (χ4v) is 2.26.